The molecule has 5 heteroatoms. The van der Waals surface area contributed by atoms with Gasteiger partial charge < -0.3 is 4.74 Å². The molecule has 128 valence electrons. The van der Waals surface area contributed by atoms with Gasteiger partial charge in [-0.25, -0.2) is 5.48 Å². The van der Waals surface area contributed by atoms with Crippen LogP contribution in [-0.2, 0) is 16.1 Å². The smallest absolute Gasteiger partial charge is 0.298 e. The van der Waals surface area contributed by atoms with Crippen LogP contribution in [0.4, 0.5) is 0 Å². The minimum absolute atomic E-state index is 0.303. The van der Waals surface area contributed by atoms with E-state index in [-0.39, 0.29) is 5.91 Å². The highest BCUT2D eigenvalue weighted by molar-refractivity contribution is 5.95. The Bertz CT molecular complexity index is 681. The van der Waals surface area contributed by atoms with E-state index in [1.54, 1.807) is 19.1 Å². The van der Waals surface area contributed by atoms with Crippen molar-refractivity contribution in [3.05, 3.63) is 41.5 Å². The predicted molar refractivity (Wildman–Crippen MR) is 92.0 cm³/mol. The van der Waals surface area contributed by atoms with Crippen LogP contribution in [0.1, 0.15) is 43.1 Å². The number of aryl methyl sites for hydroxylation is 1. The molecule has 5 nitrogen and oxygen atoms in total. The monoisotopic (exact) mass is 329 g/mol. The molecule has 0 fully saturated rings. The second kappa shape index (κ2) is 8.45. The number of nitrogens with one attached hydrogen (secondary N) is 1. The number of hydrogen-bond acceptors (Lipinski definition) is 4. The first-order valence-corrected chi connectivity index (χ1v) is 8.14. The van der Waals surface area contributed by atoms with Gasteiger partial charge in [-0.2, -0.15) is 0 Å². The van der Waals surface area contributed by atoms with E-state index in [9.17, 15) is 9.59 Å². The van der Waals surface area contributed by atoms with Crippen LogP contribution in [0.2, 0.25) is 0 Å². The highest BCUT2D eigenvalue weighted by atomic mass is 16.6. The van der Waals surface area contributed by atoms with Crippen LogP contribution < -0.4 is 10.2 Å². The van der Waals surface area contributed by atoms with Gasteiger partial charge in [0.2, 0.25) is 0 Å². The Hall–Kier alpha value is -2.40. The molecule has 0 spiro atoms. The standard InChI is InChI=1S/C19H23NO4/c1-4-24-20-19(22)15-6-5-7-16-17(10-15)14(9-8-13(2)3)11-18(16)23-12-21/h5-7,10-13H,4,8-9H2,1-3H3,(H,20,22). The zero-order chi connectivity index (χ0) is 17.5. The van der Waals surface area contributed by atoms with E-state index in [0.717, 1.165) is 29.5 Å². The lowest BCUT2D eigenvalue weighted by Gasteiger charge is -2.06. The van der Waals surface area contributed by atoms with Crippen molar-refractivity contribution in [2.45, 2.75) is 33.6 Å². The maximum atomic E-state index is 12.2. The second-order valence-corrected chi connectivity index (χ2v) is 6.00. The van der Waals surface area contributed by atoms with E-state index in [0.29, 0.717) is 30.3 Å². The van der Waals surface area contributed by atoms with Crippen LogP contribution >= 0.6 is 0 Å². The van der Waals surface area contributed by atoms with Crippen LogP contribution in [-0.4, -0.2) is 19.0 Å². The average molecular weight is 329 g/mol. The molecule has 24 heavy (non-hydrogen) atoms. The molecule has 0 heterocycles. The molecule has 2 rings (SSSR count). The maximum Gasteiger partial charge on any atom is 0.298 e. The number of rotatable bonds is 8. The van der Waals surface area contributed by atoms with Crippen LogP contribution in [0.15, 0.2) is 30.3 Å². The fourth-order valence-electron chi connectivity index (χ4n) is 2.55. The first-order chi connectivity index (χ1) is 11.6. The van der Waals surface area contributed by atoms with E-state index in [1.165, 1.54) is 0 Å². The summed E-state index contributed by atoms with van der Waals surface area (Å²) in [4.78, 5) is 27.9. The molecule has 0 aliphatic heterocycles. The van der Waals surface area contributed by atoms with Crippen LogP contribution in [0.25, 0.3) is 11.1 Å². The summed E-state index contributed by atoms with van der Waals surface area (Å²) >= 11 is 0. The summed E-state index contributed by atoms with van der Waals surface area (Å²) in [5.41, 5.74) is 5.69. The second-order valence-electron chi connectivity index (χ2n) is 6.00. The number of hydrogen-bond donors (Lipinski definition) is 1. The first-order valence-electron chi connectivity index (χ1n) is 8.14. The number of hydroxylamine groups is 1. The molecule has 0 aromatic carbocycles. The van der Waals surface area contributed by atoms with E-state index in [2.05, 4.69) is 19.3 Å². The van der Waals surface area contributed by atoms with Crippen LogP contribution in [0.3, 0.4) is 0 Å². The summed E-state index contributed by atoms with van der Waals surface area (Å²) in [6, 6.07) is 9.03. The first kappa shape index (κ1) is 17.9. The van der Waals surface area contributed by atoms with Gasteiger partial charge in [-0.05, 0) is 55.0 Å². The number of ether oxygens (including phenoxy) is 1. The molecule has 2 aliphatic carbocycles. The number of amides is 1. The Balaban J connectivity index is 2.42. The van der Waals surface area contributed by atoms with Gasteiger partial charge in [-0.3, -0.25) is 14.4 Å². The lowest BCUT2D eigenvalue weighted by molar-refractivity contribution is -0.120. The van der Waals surface area contributed by atoms with Gasteiger partial charge in [-0.15, -0.1) is 0 Å². The third kappa shape index (κ3) is 4.32. The SMILES string of the molecule is CCONC(=O)c1cccc2c(OC=O)cc(CCC(C)C)c-2c1. The molecule has 1 amide bonds. The molecule has 2 aliphatic rings. The molecule has 0 aromatic rings. The minimum Gasteiger partial charge on any atom is -0.428 e. The van der Waals surface area contributed by atoms with Crippen molar-refractivity contribution in [3.63, 3.8) is 0 Å². The van der Waals surface area contributed by atoms with Crippen molar-refractivity contribution in [2.75, 3.05) is 6.61 Å². The van der Waals surface area contributed by atoms with E-state index >= 15 is 0 Å². The maximum absolute atomic E-state index is 12.2. The number of fused-ring (bicyclic) bond motifs is 1. The molecular formula is C19H23NO4. The molecule has 1 N–H and O–H groups in total. The summed E-state index contributed by atoms with van der Waals surface area (Å²) in [5.74, 6) is 0.776. The summed E-state index contributed by atoms with van der Waals surface area (Å²) in [5, 5.41) is 0. The van der Waals surface area contributed by atoms with Crippen molar-refractivity contribution < 1.29 is 19.2 Å². The number of carbonyl (C=O) groups is 2. The normalized spacial score (nSPS) is 10.8. The van der Waals surface area contributed by atoms with Gasteiger partial charge in [-0.1, -0.05) is 26.0 Å². The highest BCUT2D eigenvalue weighted by Gasteiger charge is 2.18. The van der Waals surface area contributed by atoms with Crippen molar-refractivity contribution in [2.24, 2.45) is 5.92 Å². The van der Waals surface area contributed by atoms with E-state index in [1.807, 2.05) is 18.2 Å². The minimum atomic E-state index is -0.303. The largest absolute Gasteiger partial charge is 0.428 e. The van der Waals surface area contributed by atoms with Crippen molar-refractivity contribution in [3.8, 4) is 16.9 Å². The Morgan fingerprint density at radius 3 is 2.71 bits per heavy atom. The van der Waals surface area contributed by atoms with Gasteiger partial charge >= 0.3 is 0 Å². The Morgan fingerprint density at radius 1 is 1.25 bits per heavy atom. The average Bonchev–Trinajstić information content (AvgIpc) is 2.73. The Morgan fingerprint density at radius 2 is 2.04 bits per heavy atom. The van der Waals surface area contributed by atoms with Gasteiger partial charge in [0.15, 0.2) is 0 Å². The highest BCUT2D eigenvalue weighted by Crippen LogP contribution is 2.38. The summed E-state index contributed by atoms with van der Waals surface area (Å²) in [6.07, 6.45) is 1.87. The van der Waals surface area contributed by atoms with Gasteiger partial charge in [0.1, 0.15) is 5.75 Å². The third-order valence-electron chi connectivity index (χ3n) is 3.78. The van der Waals surface area contributed by atoms with E-state index < -0.39 is 0 Å². The van der Waals surface area contributed by atoms with Crippen molar-refractivity contribution in [1.82, 2.24) is 5.48 Å². The summed E-state index contributed by atoms with van der Waals surface area (Å²) < 4.78 is 5.11. The lowest BCUT2D eigenvalue weighted by Crippen LogP contribution is -2.23. The Labute approximate surface area is 142 Å². The molecule has 0 aromatic heterocycles. The zero-order valence-electron chi connectivity index (χ0n) is 14.3. The lowest BCUT2D eigenvalue weighted by atomic mass is 10.00. The van der Waals surface area contributed by atoms with E-state index in [4.69, 9.17) is 9.57 Å². The number of carbonyl (C=O) groups excluding carboxylic acids is 2. The van der Waals surface area contributed by atoms with Crippen LogP contribution in [0, 0.1) is 5.92 Å². The summed E-state index contributed by atoms with van der Waals surface area (Å²) in [6.45, 7) is 6.95. The van der Waals surface area contributed by atoms with Crippen molar-refractivity contribution in [1.29, 1.82) is 0 Å². The summed E-state index contributed by atoms with van der Waals surface area (Å²) in [7, 11) is 0. The molecular weight excluding hydrogens is 306 g/mol. The fourth-order valence-corrected chi connectivity index (χ4v) is 2.55. The van der Waals surface area contributed by atoms with Gasteiger partial charge in [0, 0.05) is 11.1 Å². The molecule has 0 saturated heterocycles. The quantitative estimate of drug-likeness (QED) is 0.594. The predicted octanol–water partition coefficient (Wildman–Crippen LogP) is 3.60. The molecule has 0 unspecified atom stereocenters. The molecule has 0 radical (unpaired) electrons. The van der Waals surface area contributed by atoms with Crippen molar-refractivity contribution >= 4 is 12.4 Å². The van der Waals surface area contributed by atoms with Crippen LogP contribution in [0.5, 0.6) is 5.75 Å². The van der Waals surface area contributed by atoms with Gasteiger partial charge in [0.05, 0.1) is 6.61 Å². The van der Waals surface area contributed by atoms with Gasteiger partial charge in [0.25, 0.3) is 12.4 Å². The Kier molecular flexibility index (Phi) is 6.32. The third-order valence-corrected chi connectivity index (χ3v) is 3.78. The molecule has 0 bridgehead atoms. The fraction of sp³-hybridized carbons (Fsp3) is 0.368. The zero-order valence-corrected chi connectivity index (χ0v) is 14.3. The molecule has 0 atom stereocenters. The topological polar surface area (TPSA) is 64.6 Å². The molecule has 0 saturated carbocycles.